The van der Waals surface area contributed by atoms with E-state index in [2.05, 4.69) is 116 Å². The Labute approximate surface area is 232 Å². The van der Waals surface area contributed by atoms with E-state index in [0.29, 0.717) is 5.41 Å². The monoisotopic (exact) mass is 509 g/mol. The van der Waals surface area contributed by atoms with Gasteiger partial charge in [-0.3, -0.25) is 0 Å². The Morgan fingerprint density at radius 2 is 1.26 bits per heavy atom. The van der Waals surface area contributed by atoms with Crippen LogP contribution in [0.5, 0.6) is 0 Å². The van der Waals surface area contributed by atoms with Crippen molar-refractivity contribution in [2.24, 2.45) is 17.8 Å². The standard InChI is InChI=1S/C38H39N/c1-37(2,3)34-21-29(20-33-32-11-7-8-12-35(32)39(36(33)34)31-9-5-4-6-10-31)28-13-15-30(16-14-28)38-22-25-17-26(23-38)19-27(18-25)24-38/h4-16,20-21,25-27H,17-19,22-24H2,1-3H3. The lowest BCUT2D eigenvalue weighted by atomic mass is 9.48. The van der Waals surface area contributed by atoms with Crippen molar-refractivity contribution in [3.8, 4) is 16.8 Å². The molecule has 4 saturated carbocycles. The van der Waals surface area contributed by atoms with Gasteiger partial charge in [-0.2, -0.15) is 0 Å². The van der Waals surface area contributed by atoms with E-state index in [-0.39, 0.29) is 5.41 Å². The summed E-state index contributed by atoms with van der Waals surface area (Å²) in [5, 5.41) is 2.68. The third-order valence-electron chi connectivity index (χ3n) is 10.5. The van der Waals surface area contributed by atoms with Crippen molar-refractivity contribution in [3.63, 3.8) is 0 Å². The summed E-state index contributed by atoms with van der Waals surface area (Å²) in [6, 6.07) is 34.5. The third kappa shape index (κ3) is 3.65. The van der Waals surface area contributed by atoms with E-state index < -0.39 is 0 Å². The molecule has 5 aromatic rings. The Kier molecular flexibility index (Phi) is 5.04. The van der Waals surface area contributed by atoms with Crippen LogP contribution in [0.4, 0.5) is 0 Å². The van der Waals surface area contributed by atoms with Crippen molar-refractivity contribution in [1.82, 2.24) is 4.57 Å². The minimum absolute atomic E-state index is 0.00824. The smallest absolute Gasteiger partial charge is 0.0578 e. The van der Waals surface area contributed by atoms with Crippen molar-refractivity contribution < 1.29 is 0 Å². The van der Waals surface area contributed by atoms with Gasteiger partial charge < -0.3 is 4.57 Å². The zero-order chi connectivity index (χ0) is 26.4. The zero-order valence-electron chi connectivity index (χ0n) is 23.6. The quantitative estimate of drug-likeness (QED) is 0.228. The van der Waals surface area contributed by atoms with Gasteiger partial charge in [0.2, 0.25) is 0 Å². The number of nitrogens with zero attached hydrogens (tertiary/aromatic N) is 1. The Morgan fingerprint density at radius 3 is 1.90 bits per heavy atom. The number of aromatic nitrogens is 1. The molecule has 1 aromatic heterocycles. The summed E-state index contributed by atoms with van der Waals surface area (Å²) in [6.07, 6.45) is 8.79. The van der Waals surface area contributed by atoms with Gasteiger partial charge in [0.05, 0.1) is 11.0 Å². The average Bonchev–Trinajstić information content (AvgIpc) is 3.26. The Morgan fingerprint density at radius 1 is 0.641 bits per heavy atom. The number of hydrogen-bond acceptors (Lipinski definition) is 0. The molecule has 0 amide bonds. The van der Waals surface area contributed by atoms with Crippen molar-refractivity contribution in [2.75, 3.05) is 0 Å². The van der Waals surface area contributed by atoms with E-state index in [1.165, 1.54) is 82.7 Å². The third-order valence-corrected chi connectivity index (χ3v) is 10.5. The average molecular weight is 510 g/mol. The highest BCUT2D eigenvalue weighted by Crippen LogP contribution is 2.60. The van der Waals surface area contributed by atoms with Crippen LogP contribution in [0.1, 0.15) is 70.4 Å². The Balaban J connectivity index is 1.29. The van der Waals surface area contributed by atoms with Crippen molar-refractivity contribution >= 4 is 21.8 Å². The van der Waals surface area contributed by atoms with Gasteiger partial charge in [-0.25, -0.2) is 0 Å². The molecule has 0 unspecified atom stereocenters. The molecule has 9 rings (SSSR count). The first-order chi connectivity index (χ1) is 18.9. The minimum Gasteiger partial charge on any atom is -0.309 e. The van der Waals surface area contributed by atoms with Gasteiger partial charge in [0, 0.05) is 16.5 Å². The number of rotatable bonds is 3. The highest BCUT2D eigenvalue weighted by atomic mass is 15.0. The van der Waals surface area contributed by atoms with Crippen molar-refractivity contribution in [2.45, 2.75) is 70.1 Å². The fourth-order valence-corrected chi connectivity index (χ4v) is 9.16. The maximum atomic E-state index is 2.50. The molecule has 0 saturated heterocycles. The van der Waals surface area contributed by atoms with Gasteiger partial charge in [-0.1, -0.05) is 81.4 Å². The molecule has 0 radical (unpaired) electrons. The van der Waals surface area contributed by atoms with Gasteiger partial charge in [-0.15, -0.1) is 0 Å². The molecule has 1 heteroatoms. The number of hydrogen-bond donors (Lipinski definition) is 0. The highest BCUT2D eigenvalue weighted by molar-refractivity contribution is 6.12. The van der Waals surface area contributed by atoms with Crippen molar-refractivity contribution in [3.05, 3.63) is 102 Å². The van der Waals surface area contributed by atoms with Crippen LogP contribution in [-0.4, -0.2) is 4.57 Å². The molecule has 4 aromatic carbocycles. The summed E-state index contributed by atoms with van der Waals surface area (Å²) in [7, 11) is 0. The van der Waals surface area contributed by atoms with Gasteiger partial charge in [0.1, 0.15) is 0 Å². The molecule has 1 heterocycles. The molecule has 196 valence electrons. The largest absolute Gasteiger partial charge is 0.309 e. The summed E-state index contributed by atoms with van der Waals surface area (Å²) in [5.41, 5.74) is 9.99. The van der Waals surface area contributed by atoms with Crippen LogP contribution in [0.15, 0.2) is 91.0 Å². The summed E-state index contributed by atoms with van der Waals surface area (Å²) in [6.45, 7) is 7.07. The van der Waals surface area contributed by atoms with Gasteiger partial charge in [0.25, 0.3) is 0 Å². The molecule has 0 aliphatic heterocycles. The van der Waals surface area contributed by atoms with Gasteiger partial charge >= 0.3 is 0 Å². The first-order valence-corrected chi connectivity index (χ1v) is 15.1. The van der Waals surface area contributed by atoms with E-state index in [1.54, 1.807) is 5.56 Å². The minimum atomic E-state index is 0.00824. The fourth-order valence-electron chi connectivity index (χ4n) is 9.16. The molecular formula is C38H39N. The van der Waals surface area contributed by atoms with E-state index in [1.807, 2.05) is 0 Å². The van der Waals surface area contributed by atoms with Crippen LogP contribution >= 0.6 is 0 Å². The highest BCUT2D eigenvalue weighted by Gasteiger charge is 2.51. The van der Waals surface area contributed by atoms with Gasteiger partial charge in [0.15, 0.2) is 0 Å². The first kappa shape index (κ1) is 23.6. The van der Waals surface area contributed by atoms with Crippen LogP contribution in [-0.2, 0) is 10.8 Å². The van der Waals surface area contributed by atoms with Crippen LogP contribution < -0.4 is 0 Å². The first-order valence-electron chi connectivity index (χ1n) is 15.1. The van der Waals surface area contributed by atoms with Crippen LogP contribution in [0.2, 0.25) is 0 Å². The molecule has 39 heavy (non-hydrogen) atoms. The summed E-state index contributed by atoms with van der Waals surface area (Å²) >= 11 is 0. The van der Waals surface area contributed by atoms with E-state index in [4.69, 9.17) is 0 Å². The second-order valence-corrected chi connectivity index (χ2v) is 14.1. The van der Waals surface area contributed by atoms with E-state index in [9.17, 15) is 0 Å². The molecule has 4 bridgehead atoms. The van der Waals surface area contributed by atoms with E-state index >= 15 is 0 Å². The van der Waals surface area contributed by atoms with Crippen LogP contribution in [0, 0.1) is 17.8 Å². The topological polar surface area (TPSA) is 4.93 Å². The van der Waals surface area contributed by atoms with Gasteiger partial charge in [-0.05, 0) is 120 Å². The van der Waals surface area contributed by atoms with E-state index in [0.717, 1.165) is 17.8 Å². The lowest BCUT2D eigenvalue weighted by Gasteiger charge is -2.57. The molecule has 1 nitrogen and oxygen atoms in total. The Bertz CT molecular complexity index is 1660. The zero-order valence-corrected chi connectivity index (χ0v) is 23.6. The summed E-state index contributed by atoms with van der Waals surface area (Å²) in [5.74, 6) is 2.94. The number of para-hydroxylation sites is 2. The Hall–Kier alpha value is -3.32. The second-order valence-electron chi connectivity index (χ2n) is 14.1. The summed E-state index contributed by atoms with van der Waals surface area (Å²) < 4.78 is 2.48. The lowest BCUT2D eigenvalue weighted by molar-refractivity contribution is -0.00518. The number of fused-ring (bicyclic) bond motifs is 3. The fraction of sp³-hybridized carbons (Fsp3) is 0.368. The van der Waals surface area contributed by atoms with Crippen LogP contribution in [0.25, 0.3) is 38.6 Å². The maximum Gasteiger partial charge on any atom is 0.0578 e. The van der Waals surface area contributed by atoms with Crippen LogP contribution in [0.3, 0.4) is 0 Å². The normalized spacial score (nSPS) is 26.1. The SMILES string of the molecule is CC(C)(C)c1cc(-c2ccc(C34CC5CC(CC(C5)C3)C4)cc2)cc2c3ccccc3n(-c3ccccc3)c12. The molecule has 4 fully saturated rings. The number of benzene rings is 4. The molecule has 4 aliphatic carbocycles. The predicted molar refractivity (Wildman–Crippen MR) is 165 cm³/mol. The maximum absolute atomic E-state index is 2.50. The predicted octanol–water partition coefficient (Wildman–Crippen LogP) is 10.2. The molecule has 0 atom stereocenters. The van der Waals surface area contributed by atoms with Crippen molar-refractivity contribution in [1.29, 1.82) is 0 Å². The lowest BCUT2D eigenvalue weighted by Crippen LogP contribution is -2.48. The second kappa shape index (κ2) is 8.34. The molecule has 0 N–H and O–H groups in total. The molecule has 0 spiro atoms. The summed E-state index contributed by atoms with van der Waals surface area (Å²) in [4.78, 5) is 0. The molecular weight excluding hydrogens is 470 g/mol. The molecule has 4 aliphatic rings.